The van der Waals surface area contributed by atoms with Crippen LogP contribution < -0.4 is 0 Å². The SMILES string of the molecule is Cn1nc(-c2ccccc2)cc1C1(C(=O)O)CC1(F)F. The summed E-state index contributed by atoms with van der Waals surface area (Å²) in [5.41, 5.74) is -0.846. The number of benzene rings is 1. The van der Waals surface area contributed by atoms with Crippen molar-refractivity contribution in [3.05, 3.63) is 42.1 Å². The zero-order valence-electron chi connectivity index (χ0n) is 10.7. The Kier molecular flexibility index (Phi) is 2.48. The Balaban J connectivity index is 2.09. The summed E-state index contributed by atoms with van der Waals surface area (Å²) in [6.45, 7) is 0. The molecule has 4 nitrogen and oxygen atoms in total. The van der Waals surface area contributed by atoms with E-state index in [0.717, 1.165) is 5.56 Å². The fourth-order valence-electron chi connectivity index (χ4n) is 2.53. The first-order valence-electron chi connectivity index (χ1n) is 6.10. The minimum Gasteiger partial charge on any atom is -0.480 e. The van der Waals surface area contributed by atoms with Gasteiger partial charge in [-0.2, -0.15) is 5.10 Å². The summed E-state index contributed by atoms with van der Waals surface area (Å²) >= 11 is 0. The molecular weight excluding hydrogens is 266 g/mol. The molecule has 0 aliphatic heterocycles. The van der Waals surface area contributed by atoms with Gasteiger partial charge in [0.15, 0.2) is 5.41 Å². The number of carbonyl (C=O) groups is 1. The van der Waals surface area contributed by atoms with Crippen LogP contribution in [0, 0.1) is 0 Å². The Bertz CT molecular complexity index is 682. The average molecular weight is 278 g/mol. The quantitative estimate of drug-likeness (QED) is 0.938. The van der Waals surface area contributed by atoms with E-state index in [0.29, 0.717) is 5.69 Å². The molecule has 1 aliphatic carbocycles. The van der Waals surface area contributed by atoms with Crippen LogP contribution in [0.5, 0.6) is 0 Å². The largest absolute Gasteiger partial charge is 0.480 e. The van der Waals surface area contributed by atoms with Crippen molar-refractivity contribution in [2.75, 3.05) is 0 Å². The van der Waals surface area contributed by atoms with Crippen molar-refractivity contribution in [3.63, 3.8) is 0 Å². The van der Waals surface area contributed by atoms with Crippen LogP contribution in [-0.2, 0) is 17.3 Å². The van der Waals surface area contributed by atoms with E-state index in [1.807, 2.05) is 18.2 Å². The molecule has 1 unspecified atom stereocenters. The number of carboxylic acid groups (broad SMARTS) is 1. The lowest BCUT2D eigenvalue weighted by Crippen LogP contribution is -2.29. The molecule has 1 heterocycles. The fourth-order valence-corrected chi connectivity index (χ4v) is 2.53. The van der Waals surface area contributed by atoms with Gasteiger partial charge in [-0.15, -0.1) is 0 Å². The lowest BCUT2D eigenvalue weighted by atomic mass is 10.0. The van der Waals surface area contributed by atoms with Crippen LogP contribution in [0.15, 0.2) is 36.4 Å². The highest BCUT2D eigenvalue weighted by Gasteiger charge is 2.78. The second-order valence-electron chi connectivity index (χ2n) is 5.00. The molecule has 6 heteroatoms. The van der Waals surface area contributed by atoms with Gasteiger partial charge in [-0.3, -0.25) is 9.48 Å². The molecule has 1 saturated carbocycles. The van der Waals surface area contributed by atoms with E-state index >= 15 is 0 Å². The van der Waals surface area contributed by atoms with Crippen molar-refractivity contribution in [2.24, 2.45) is 7.05 Å². The average Bonchev–Trinajstić information content (AvgIpc) is 2.78. The third-order valence-corrected chi connectivity index (χ3v) is 3.74. The second-order valence-corrected chi connectivity index (χ2v) is 5.00. The van der Waals surface area contributed by atoms with Gasteiger partial charge in [0.05, 0.1) is 11.4 Å². The molecule has 1 fully saturated rings. The van der Waals surface area contributed by atoms with Crippen LogP contribution in [0.1, 0.15) is 12.1 Å². The highest BCUT2D eigenvalue weighted by Crippen LogP contribution is 2.61. The summed E-state index contributed by atoms with van der Waals surface area (Å²) in [5.74, 6) is -4.73. The maximum absolute atomic E-state index is 13.6. The topological polar surface area (TPSA) is 55.1 Å². The molecule has 0 bridgehead atoms. The maximum Gasteiger partial charge on any atom is 0.322 e. The zero-order chi connectivity index (χ0) is 14.5. The van der Waals surface area contributed by atoms with Gasteiger partial charge < -0.3 is 5.11 Å². The summed E-state index contributed by atoms with van der Waals surface area (Å²) in [5, 5.41) is 13.3. The molecule has 3 rings (SSSR count). The van der Waals surface area contributed by atoms with Crippen LogP contribution in [0.3, 0.4) is 0 Å². The number of alkyl halides is 2. The number of carboxylic acids is 1. The van der Waals surface area contributed by atoms with E-state index in [2.05, 4.69) is 5.10 Å². The summed E-state index contributed by atoms with van der Waals surface area (Å²) < 4.78 is 28.3. The van der Waals surface area contributed by atoms with Gasteiger partial charge in [0.2, 0.25) is 0 Å². The minimum absolute atomic E-state index is 0.0360. The van der Waals surface area contributed by atoms with Crippen LogP contribution in [-0.4, -0.2) is 26.8 Å². The lowest BCUT2D eigenvalue weighted by Gasteiger charge is -2.10. The minimum atomic E-state index is -3.22. The second kappa shape index (κ2) is 3.88. The van der Waals surface area contributed by atoms with Gasteiger partial charge in [-0.25, -0.2) is 8.78 Å². The summed E-state index contributed by atoms with van der Waals surface area (Å²) in [6, 6.07) is 10.5. The molecule has 2 aromatic rings. The third-order valence-electron chi connectivity index (χ3n) is 3.74. The normalized spacial score (nSPS) is 23.6. The smallest absolute Gasteiger partial charge is 0.322 e. The van der Waals surface area contributed by atoms with Crippen LogP contribution in [0.4, 0.5) is 8.78 Å². The molecule has 0 radical (unpaired) electrons. The molecule has 0 spiro atoms. The van der Waals surface area contributed by atoms with Crippen LogP contribution in [0.25, 0.3) is 11.3 Å². The van der Waals surface area contributed by atoms with E-state index in [1.165, 1.54) is 17.8 Å². The first kappa shape index (κ1) is 12.8. The maximum atomic E-state index is 13.6. The number of hydrogen-bond donors (Lipinski definition) is 1. The van der Waals surface area contributed by atoms with Gasteiger partial charge in [-0.1, -0.05) is 30.3 Å². The van der Waals surface area contributed by atoms with Crippen molar-refractivity contribution in [1.82, 2.24) is 9.78 Å². The number of hydrogen-bond acceptors (Lipinski definition) is 2. The summed E-state index contributed by atoms with van der Waals surface area (Å²) in [4.78, 5) is 11.3. The van der Waals surface area contributed by atoms with Crippen molar-refractivity contribution >= 4 is 5.97 Å². The van der Waals surface area contributed by atoms with Crippen molar-refractivity contribution < 1.29 is 18.7 Å². The Morgan fingerprint density at radius 1 is 1.35 bits per heavy atom. The monoisotopic (exact) mass is 278 g/mol. The molecule has 0 saturated heterocycles. The van der Waals surface area contributed by atoms with Crippen molar-refractivity contribution in [2.45, 2.75) is 17.8 Å². The zero-order valence-corrected chi connectivity index (χ0v) is 10.7. The van der Waals surface area contributed by atoms with Crippen molar-refractivity contribution in [3.8, 4) is 11.3 Å². The highest BCUT2D eigenvalue weighted by molar-refractivity contribution is 5.87. The first-order valence-corrected chi connectivity index (χ1v) is 6.10. The Labute approximate surface area is 113 Å². The molecule has 1 aromatic heterocycles. The summed E-state index contributed by atoms with van der Waals surface area (Å²) in [6.07, 6.45) is -0.677. The molecular formula is C14H12F2N2O2. The number of aryl methyl sites for hydroxylation is 1. The number of nitrogens with zero attached hydrogens (tertiary/aromatic N) is 2. The predicted octanol–water partition coefficient (Wildman–Crippen LogP) is 2.45. The Hall–Kier alpha value is -2.24. The molecule has 104 valence electrons. The first-order chi connectivity index (χ1) is 9.38. The van der Waals surface area contributed by atoms with Gasteiger partial charge in [0.25, 0.3) is 5.92 Å². The van der Waals surface area contributed by atoms with E-state index in [-0.39, 0.29) is 5.69 Å². The Morgan fingerprint density at radius 2 is 1.95 bits per heavy atom. The Morgan fingerprint density at radius 3 is 2.45 bits per heavy atom. The number of aromatic nitrogens is 2. The molecule has 1 N–H and O–H groups in total. The molecule has 1 atom stereocenters. The highest BCUT2D eigenvalue weighted by atomic mass is 19.3. The van der Waals surface area contributed by atoms with E-state index in [9.17, 15) is 18.7 Å². The van der Waals surface area contributed by atoms with Gasteiger partial charge in [0, 0.05) is 19.0 Å². The van der Waals surface area contributed by atoms with Gasteiger partial charge in [-0.05, 0) is 6.07 Å². The molecule has 1 aliphatic rings. The van der Waals surface area contributed by atoms with Crippen LogP contribution in [0.2, 0.25) is 0 Å². The predicted molar refractivity (Wildman–Crippen MR) is 67.5 cm³/mol. The lowest BCUT2D eigenvalue weighted by molar-refractivity contribution is -0.143. The molecule has 1 aromatic carbocycles. The number of halogens is 2. The van der Waals surface area contributed by atoms with E-state index in [1.54, 1.807) is 12.1 Å². The van der Waals surface area contributed by atoms with Gasteiger partial charge in [0.1, 0.15) is 0 Å². The third kappa shape index (κ3) is 1.57. The van der Waals surface area contributed by atoms with Gasteiger partial charge >= 0.3 is 5.97 Å². The molecule has 20 heavy (non-hydrogen) atoms. The number of aliphatic carboxylic acids is 1. The van der Waals surface area contributed by atoms with Crippen LogP contribution >= 0.6 is 0 Å². The van der Waals surface area contributed by atoms with E-state index < -0.39 is 23.7 Å². The van der Waals surface area contributed by atoms with E-state index in [4.69, 9.17) is 0 Å². The van der Waals surface area contributed by atoms with Crippen molar-refractivity contribution in [1.29, 1.82) is 0 Å². The fraction of sp³-hybridized carbons (Fsp3) is 0.286. The number of rotatable bonds is 3. The molecule has 0 amide bonds. The summed E-state index contributed by atoms with van der Waals surface area (Å²) in [7, 11) is 1.49. The standard InChI is InChI=1S/C14H12F2N2O2/c1-18-11(13(12(19)20)8-14(13,15)16)7-10(17-18)9-5-3-2-4-6-9/h2-7H,8H2,1H3,(H,19,20).